The number of aromatic amines is 1. The third kappa shape index (κ3) is 2.00. The third-order valence-corrected chi connectivity index (χ3v) is 3.30. The minimum Gasteiger partial charge on any atom is -0.397 e. The third-order valence-electron chi connectivity index (χ3n) is 3.30. The predicted molar refractivity (Wildman–Crippen MR) is 69.4 cm³/mol. The second-order valence-electron chi connectivity index (χ2n) is 4.78. The molecule has 2 heterocycles. The highest BCUT2D eigenvalue weighted by atomic mass is 16.5. The Balaban J connectivity index is 1.79. The fourth-order valence-corrected chi connectivity index (χ4v) is 2.16. The van der Waals surface area contributed by atoms with Crippen molar-refractivity contribution in [1.82, 2.24) is 10.2 Å². The number of nitrogens with two attached hydrogens (primary N) is 1. The summed E-state index contributed by atoms with van der Waals surface area (Å²) in [6.07, 6.45) is 2.38. The number of benzene rings is 1. The predicted octanol–water partition coefficient (Wildman–Crippen LogP) is 0.708. The molecule has 0 aliphatic carbocycles. The first kappa shape index (κ1) is 11.3. The van der Waals surface area contributed by atoms with Crippen LogP contribution in [0.5, 0.6) is 0 Å². The van der Waals surface area contributed by atoms with Crippen LogP contribution in [-0.4, -0.2) is 40.7 Å². The van der Waals surface area contributed by atoms with Crippen LogP contribution in [0.4, 0.5) is 11.4 Å². The number of anilines is 2. The molecule has 1 fully saturated rings. The fourth-order valence-electron chi connectivity index (χ4n) is 2.16. The lowest BCUT2D eigenvalue weighted by atomic mass is 10.0. The van der Waals surface area contributed by atoms with Gasteiger partial charge in [-0.05, 0) is 12.1 Å². The van der Waals surface area contributed by atoms with Gasteiger partial charge >= 0.3 is 0 Å². The van der Waals surface area contributed by atoms with E-state index in [1.807, 2.05) is 12.1 Å². The Bertz CT molecular complexity index is 560. The van der Waals surface area contributed by atoms with E-state index < -0.39 is 5.60 Å². The molecule has 0 amide bonds. The maximum absolute atomic E-state index is 10.2. The Hall–Kier alpha value is -1.79. The Kier molecular flexibility index (Phi) is 2.61. The van der Waals surface area contributed by atoms with Crippen molar-refractivity contribution in [1.29, 1.82) is 0 Å². The van der Waals surface area contributed by atoms with Gasteiger partial charge in [-0.15, -0.1) is 0 Å². The van der Waals surface area contributed by atoms with Crippen LogP contribution in [-0.2, 0) is 4.74 Å². The van der Waals surface area contributed by atoms with Crippen molar-refractivity contribution >= 4 is 22.3 Å². The summed E-state index contributed by atoms with van der Waals surface area (Å²) in [5, 5.41) is 21.2. The van der Waals surface area contributed by atoms with Gasteiger partial charge in [0.2, 0.25) is 0 Å². The highest BCUT2D eigenvalue weighted by Gasteiger charge is 2.32. The molecule has 2 aromatic rings. The quantitative estimate of drug-likeness (QED) is 0.600. The molecule has 1 aliphatic heterocycles. The number of H-pyrrole nitrogens is 1. The molecule has 6 nitrogen and oxygen atoms in total. The van der Waals surface area contributed by atoms with Gasteiger partial charge in [-0.1, -0.05) is 0 Å². The zero-order valence-electron chi connectivity index (χ0n) is 9.94. The minimum absolute atomic E-state index is 0.367. The Morgan fingerprint density at radius 3 is 3.22 bits per heavy atom. The lowest BCUT2D eigenvalue weighted by molar-refractivity contribution is 0.0382. The summed E-state index contributed by atoms with van der Waals surface area (Å²) in [5.74, 6) is 0. The summed E-state index contributed by atoms with van der Waals surface area (Å²) in [6.45, 7) is 1.40. The average molecular weight is 248 g/mol. The second-order valence-corrected chi connectivity index (χ2v) is 4.78. The molecular weight excluding hydrogens is 232 g/mol. The fraction of sp³-hybridized carbons (Fsp3) is 0.417. The van der Waals surface area contributed by atoms with Crippen LogP contribution in [0.2, 0.25) is 0 Å². The SMILES string of the molecule is Nc1cc2cn[nH]c2cc1NCC1(O)CCOC1. The van der Waals surface area contributed by atoms with Gasteiger partial charge in [-0.3, -0.25) is 5.10 Å². The zero-order valence-corrected chi connectivity index (χ0v) is 9.94. The molecule has 1 aliphatic rings. The van der Waals surface area contributed by atoms with Crippen LogP contribution in [0.15, 0.2) is 18.3 Å². The molecule has 6 heteroatoms. The first-order chi connectivity index (χ1) is 8.66. The summed E-state index contributed by atoms with van der Waals surface area (Å²) in [4.78, 5) is 0. The van der Waals surface area contributed by atoms with Crippen molar-refractivity contribution in [3.05, 3.63) is 18.3 Å². The number of fused-ring (bicyclic) bond motifs is 1. The monoisotopic (exact) mass is 248 g/mol. The van der Waals surface area contributed by atoms with Crippen molar-refractivity contribution in [3.63, 3.8) is 0 Å². The van der Waals surface area contributed by atoms with Gasteiger partial charge in [0.15, 0.2) is 0 Å². The van der Waals surface area contributed by atoms with Gasteiger partial charge in [-0.2, -0.15) is 5.10 Å². The van der Waals surface area contributed by atoms with Crippen LogP contribution in [0.25, 0.3) is 10.9 Å². The smallest absolute Gasteiger partial charge is 0.107 e. The highest BCUT2D eigenvalue weighted by molar-refractivity contribution is 5.88. The molecule has 1 atom stereocenters. The van der Waals surface area contributed by atoms with E-state index in [0.29, 0.717) is 31.9 Å². The summed E-state index contributed by atoms with van der Waals surface area (Å²) >= 11 is 0. The molecule has 18 heavy (non-hydrogen) atoms. The zero-order chi connectivity index (χ0) is 12.6. The lowest BCUT2D eigenvalue weighted by Crippen LogP contribution is -2.37. The van der Waals surface area contributed by atoms with Crippen molar-refractivity contribution in [2.45, 2.75) is 12.0 Å². The normalized spacial score (nSPS) is 23.6. The minimum atomic E-state index is -0.796. The van der Waals surface area contributed by atoms with Gasteiger partial charge in [0.05, 0.1) is 29.7 Å². The van der Waals surface area contributed by atoms with E-state index in [2.05, 4.69) is 15.5 Å². The molecular formula is C12H16N4O2. The molecule has 0 bridgehead atoms. The highest BCUT2D eigenvalue weighted by Crippen LogP contribution is 2.26. The molecule has 0 spiro atoms. The van der Waals surface area contributed by atoms with E-state index in [9.17, 15) is 5.11 Å². The molecule has 1 aromatic carbocycles. The van der Waals surface area contributed by atoms with Crippen molar-refractivity contribution < 1.29 is 9.84 Å². The van der Waals surface area contributed by atoms with E-state index in [-0.39, 0.29) is 0 Å². The molecule has 0 saturated carbocycles. The van der Waals surface area contributed by atoms with Crippen LogP contribution in [0.3, 0.4) is 0 Å². The standard InChI is InChI=1S/C12H16N4O2/c13-9-3-8-5-15-16-10(8)4-11(9)14-6-12(17)1-2-18-7-12/h3-5,14,17H,1-2,6-7,13H2,(H,15,16). The van der Waals surface area contributed by atoms with E-state index in [1.54, 1.807) is 6.20 Å². The van der Waals surface area contributed by atoms with E-state index in [1.165, 1.54) is 0 Å². The number of aliphatic hydroxyl groups is 1. The average Bonchev–Trinajstić information content (AvgIpc) is 2.95. The molecule has 0 radical (unpaired) electrons. The first-order valence-electron chi connectivity index (χ1n) is 5.93. The van der Waals surface area contributed by atoms with E-state index in [0.717, 1.165) is 16.6 Å². The topological polar surface area (TPSA) is 96.2 Å². The number of hydrogen-bond acceptors (Lipinski definition) is 5. The summed E-state index contributed by atoms with van der Waals surface area (Å²) in [5.41, 5.74) is 7.52. The second kappa shape index (κ2) is 4.15. The first-order valence-corrected chi connectivity index (χ1v) is 5.93. The Morgan fingerprint density at radius 1 is 1.56 bits per heavy atom. The number of hydrogen-bond donors (Lipinski definition) is 4. The van der Waals surface area contributed by atoms with E-state index in [4.69, 9.17) is 10.5 Å². The molecule has 96 valence electrons. The lowest BCUT2D eigenvalue weighted by Gasteiger charge is -2.22. The molecule has 1 saturated heterocycles. The number of nitrogens with one attached hydrogen (secondary N) is 2. The van der Waals surface area contributed by atoms with Gasteiger partial charge in [0.1, 0.15) is 5.60 Å². The van der Waals surface area contributed by atoms with Crippen LogP contribution in [0, 0.1) is 0 Å². The summed E-state index contributed by atoms with van der Waals surface area (Å²) < 4.78 is 5.20. The molecule has 1 unspecified atom stereocenters. The number of aromatic nitrogens is 2. The van der Waals surface area contributed by atoms with Gasteiger partial charge in [0.25, 0.3) is 0 Å². The number of rotatable bonds is 3. The molecule has 5 N–H and O–H groups in total. The molecule has 1 aromatic heterocycles. The largest absolute Gasteiger partial charge is 0.397 e. The number of nitrogen functional groups attached to an aromatic ring is 1. The van der Waals surface area contributed by atoms with Crippen LogP contribution >= 0.6 is 0 Å². The number of ether oxygens (including phenoxy) is 1. The summed E-state index contributed by atoms with van der Waals surface area (Å²) in [6, 6.07) is 3.76. The van der Waals surface area contributed by atoms with Gasteiger partial charge in [0, 0.05) is 25.0 Å². The molecule has 3 rings (SSSR count). The van der Waals surface area contributed by atoms with Crippen LogP contribution in [0.1, 0.15) is 6.42 Å². The van der Waals surface area contributed by atoms with Crippen molar-refractivity contribution in [2.75, 3.05) is 30.8 Å². The van der Waals surface area contributed by atoms with E-state index >= 15 is 0 Å². The Labute approximate surface area is 104 Å². The van der Waals surface area contributed by atoms with Gasteiger partial charge in [-0.25, -0.2) is 0 Å². The maximum atomic E-state index is 10.2. The van der Waals surface area contributed by atoms with Gasteiger partial charge < -0.3 is 20.9 Å². The summed E-state index contributed by atoms with van der Waals surface area (Å²) in [7, 11) is 0. The number of nitrogens with zero attached hydrogens (tertiary/aromatic N) is 1. The van der Waals surface area contributed by atoms with Crippen molar-refractivity contribution in [2.24, 2.45) is 0 Å². The van der Waals surface area contributed by atoms with Crippen LogP contribution < -0.4 is 11.1 Å². The Morgan fingerprint density at radius 2 is 2.44 bits per heavy atom. The van der Waals surface area contributed by atoms with Crippen molar-refractivity contribution in [3.8, 4) is 0 Å². The maximum Gasteiger partial charge on any atom is 0.107 e.